The minimum atomic E-state index is -0.226. The van der Waals surface area contributed by atoms with Crippen molar-refractivity contribution >= 4 is 32.3 Å². The number of hydrogen-bond donors (Lipinski definition) is 0. The summed E-state index contributed by atoms with van der Waals surface area (Å²) in [6.07, 6.45) is 0. The van der Waals surface area contributed by atoms with Crippen molar-refractivity contribution in [1.82, 2.24) is 0 Å². The van der Waals surface area contributed by atoms with E-state index in [1.807, 2.05) is 12.1 Å². The summed E-state index contributed by atoms with van der Waals surface area (Å²) < 4.78 is 14.1. The van der Waals surface area contributed by atoms with Gasteiger partial charge in [0.05, 0.1) is 0 Å². The summed E-state index contributed by atoms with van der Waals surface area (Å²) in [4.78, 5) is 0. The van der Waals surface area contributed by atoms with E-state index < -0.39 is 0 Å². The lowest BCUT2D eigenvalue weighted by Crippen LogP contribution is -1.94. The average Bonchev–Trinajstić information content (AvgIpc) is 3.05. The van der Waals surface area contributed by atoms with E-state index in [1.54, 1.807) is 12.1 Å². The third-order valence-electron chi connectivity index (χ3n) is 9.14. The molecule has 0 N–H and O–H groups in total. The topological polar surface area (TPSA) is 0 Å². The molecule has 0 aliphatic rings. The van der Waals surface area contributed by atoms with Crippen molar-refractivity contribution in [2.75, 3.05) is 0 Å². The van der Waals surface area contributed by atoms with Crippen LogP contribution in [0.5, 0.6) is 0 Å². The van der Waals surface area contributed by atoms with Gasteiger partial charge in [0.2, 0.25) is 0 Å². The molecule has 0 fully saturated rings. The second kappa shape index (κ2) is 10.2. The molecule has 8 aromatic rings. The van der Waals surface area contributed by atoms with Gasteiger partial charge in [-0.3, -0.25) is 0 Å². The Bertz CT molecular complexity index is 1980. The van der Waals surface area contributed by atoms with Crippen LogP contribution < -0.4 is 0 Å². The molecule has 0 bridgehead atoms. The molecule has 0 aliphatic carbocycles. The Balaban J connectivity index is 1.56. The fourth-order valence-corrected chi connectivity index (χ4v) is 6.78. The van der Waals surface area contributed by atoms with Crippen LogP contribution in [0.25, 0.3) is 76.8 Å². The number of hydrogen-bond acceptors (Lipinski definition) is 0. The summed E-state index contributed by atoms with van der Waals surface area (Å²) in [5.74, 6) is -0.226. The van der Waals surface area contributed by atoms with Gasteiger partial charge in [-0.05, 0) is 122 Å². The van der Waals surface area contributed by atoms with E-state index in [2.05, 4.69) is 130 Å². The molecule has 0 saturated carbocycles. The van der Waals surface area contributed by atoms with Gasteiger partial charge in [-0.1, -0.05) is 126 Å². The molecule has 0 aromatic heterocycles. The highest BCUT2D eigenvalue weighted by Crippen LogP contribution is 2.48. The molecule has 0 radical (unpaired) electrons. The van der Waals surface area contributed by atoms with Gasteiger partial charge in [0, 0.05) is 0 Å². The van der Waals surface area contributed by atoms with Crippen LogP contribution in [0.4, 0.5) is 4.39 Å². The van der Waals surface area contributed by atoms with Crippen LogP contribution in [0.15, 0.2) is 133 Å². The molecule has 0 heterocycles. The Hall–Kier alpha value is -5.27. The molecule has 0 atom stereocenters. The minimum Gasteiger partial charge on any atom is -0.207 e. The fourth-order valence-electron chi connectivity index (χ4n) is 6.78. The third-order valence-corrected chi connectivity index (χ3v) is 9.14. The molecule has 8 rings (SSSR count). The summed E-state index contributed by atoms with van der Waals surface area (Å²) in [6.45, 7) is 6.39. The second-order valence-electron chi connectivity index (χ2n) is 12.1. The largest absolute Gasteiger partial charge is 0.207 e. The molecule has 0 amide bonds. The first-order valence-corrected chi connectivity index (χ1v) is 15.2. The Morgan fingerprint density at radius 3 is 0.841 bits per heavy atom. The highest BCUT2D eigenvalue weighted by Gasteiger charge is 2.21. The van der Waals surface area contributed by atoms with Crippen molar-refractivity contribution in [3.05, 3.63) is 156 Å². The molecule has 0 nitrogen and oxygen atoms in total. The van der Waals surface area contributed by atoms with Crippen LogP contribution in [0.1, 0.15) is 16.7 Å². The van der Waals surface area contributed by atoms with Crippen molar-refractivity contribution in [2.24, 2.45) is 0 Å². The molecule has 44 heavy (non-hydrogen) atoms. The number of rotatable bonds is 4. The van der Waals surface area contributed by atoms with Crippen molar-refractivity contribution in [3.63, 3.8) is 0 Å². The first-order valence-electron chi connectivity index (χ1n) is 15.2. The SMILES string of the molecule is Cc1ccc(-c2cc(-c3ccc(C)cc3)c3ccc4c(-c5ccc(F)cc5)cc(-c5ccc(C)cc5)c5ccc2c3c54)cc1. The van der Waals surface area contributed by atoms with Gasteiger partial charge in [-0.15, -0.1) is 0 Å². The highest BCUT2D eigenvalue weighted by molar-refractivity contribution is 6.31. The van der Waals surface area contributed by atoms with Gasteiger partial charge in [-0.2, -0.15) is 0 Å². The normalized spacial score (nSPS) is 11.6. The standard InChI is InChI=1S/C43H31F/c1-26-4-10-29(11-5-26)38-24-39(30-12-6-27(2)7-13-30)35-22-23-37-41(32-16-18-33(44)19-17-32)25-40(31-14-8-28(3)9-15-31)36-21-20-34(38)42(35)43(36)37/h4-25H,1-3H3. The average molecular weight is 567 g/mol. The fraction of sp³-hybridized carbons (Fsp3) is 0.0698. The summed E-state index contributed by atoms with van der Waals surface area (Å²) in [5.41, 5.74) is 13.1. The maximum absolute atomic E-state index is 14.1. The van der Waals surface area contributed by atoms with Crippen LogP contribution in [-0.2, 0) is 0 Å². The van der Waals surface area contributed by atoms with Gasteiger partial charge < -0.3 is 0 Å². The third kappa shape index (κ3) is 4.28. The number of aryl methyl sites for hydroxylation is 3. The Morgan fingerprint density at radius 2 is 0.568 bits per heavy atom. The molecule has 0 unspecified atom stereocenters. The van der Waals surface area contributed by atoms with E-state index in [9.17, 15) is 4.39 Å². The summed E-state index contributed by atoms with van der Waals surface area (Å²) in [5, 5.41) is 7.40. The van der Waals surface area contributed by atoms with Crippen LogP contribution in [-0.4, -0.2) is 0 Å². The lowest BCUT2D eigenvalue weighted by molar-refractivity contribution is 0.628. The van der Waals surface area contributed by atoms with Crippen molar-refractivity contribution in [1.29, 1.82) is 0 Å². The lowest BCUT2D eigenvalue weighted by atomic mass is 9.82. The van der Waals surface area contributed by atoms with E-state index >= 15 is 0 Å². The zero-order chi connectivity index (χ0) is 29.9. The second-order valence-corrected chi connectivity index (χ2v) is 12.1. The number of halogens is 1. The van der Waals surface area contributed by atoms with Crippen molar-refractivity contribution in [3.8, 4) is 44.5 Å². The maximum Gasteiger partial charge on any atom is 0.123 e. The lowest BCUT2D eigenvalue weighted by Gasteiger charge is -2.21. The van der Waals surface area contributed by atoms with Crippen LogP contribution >= 0.6 is 0 Å². The van der Waals surface area contributed by atoms with Crippen LogP contribution in [0.2, 0.25) is 0 Å². The van der Waals surface area contributed by atoms with Crippen LogP contribution in [0, 0.1) is 26.6 Å². The van der Waals surface area contributed by atoms with Gasteiger partial charge in [-0.25, -0.2) is 4.39 Å². The van der Waals surface area contributed by atoms with Gasteiger partial charge in [0.15, 0.2) is 0 Å². The van der Waals surface area contributed by atoms with Crippen molar-refractivity contribution < 1.29 is 4.39 Å². The Morgan fingerprint density at radius 1 is 0.318 bits per heavy atom. The molecule has 210 valence electrons. The molecular weight excluding hydrogens is 535 g/mol. The highest BCUT2D eigenvalue weighted by atomic mass is 19.1. The summed E-state index contributed by atoms with van der Waals surface area (Å²) in [7, 11) is 0. The van der Waals surface area contributed by atoms with E-state index in [1.165, 1.54) is 82.4 Å². The van der Waals surface area contributed by atoms with E-state index in [0.717, 1.165) is 11.1 Å². The molecule has 0 spiro atoms. The zero-order valence-corrected chi connectivity index (χ0v) is 25.1. The monoisotopic (exact) mass is 566 g/mol. The molecule has 0 aliphatic heterocycles. The van der Waals surface area contributed by atoms with Gasteiger partial charge in [0.1, 0.15) is 5.82 Å². The summed E-state index contributed by atoms with van der Waals surface area (Å²) in [6, 6.07) is 47.3. The molecular formula is C43H31F. The smallest absolute Gasteiger partial charge is 0.123 e. The predicted molar refractivity (Wildman–Crippen MR) is 186 cm³/mol. The van der Waals surface area contributed by atoms with E-state index in [4.69, 9.17) is 0 Å². The Kier molecular flexibility index (Phi) is 6.10. The van der Waals surface area contributed by atoms with E-state index in [0.29, 0.717) is 0 Å². The van der Waals surface area contributed by atoms with Crippen LogP contribution in [0.3, 0.4) is 0 Å². The number of benzene rings is 8. The maximum atomic E-state index is 14.1. The molecule has 8 aromatic carbocycles. The van der Waals surface area contributed by atoms with Crippen molar-refractivity contribution in [2.45, 2.75) is 20.8 Å². The molecule has 1 heteroatoms. The first-order chi connectivity index (χ1) is 21.4. The zero-order valence-electron chi connectivity index (χ0n) is 25.1. The first kappa shape index (κ1) is 26.4. The van der Waals surface area contributed by atoms with Gasteiger partial charge >= 0.3 is 0 Å². The quantitative estimate of drug-likeness (QED) is 0.186. The minimum absolute atomic E-state index is 0.226. The summed E-state index contributed by atoms with van der Waals surface area (Å²) >= 11 is 0. The molecule has 0 saturated heterocycles. The Labute approximate surface area is 257 Å². The van der Waals surface area contributed by atoms with E-state index in [-0.39, 0.29) is 5.82 Å². The predicted octanol–water partition coefficient (Wildman–Crippen LogP) is 12.3. The van der Waals surface area contributed by atoms with Gasteiger partial charge in [0.25, 0.3) is 0 Å².